The van der Waals surface area contributed by atoms with Crippen LogP contribution in [0.25, 0.3) is 10.8 Å². The van der Waals surface area contributed by atoms with Gasteiger partial charge in [-0.1, -0.05) is 18.2 Å². The first-order valence-electron chi connectivity index (χ1n) is 9.44. The Balaban J connectivity index is 1.48. The van der Waals surface area contributed by atoms with Crippen LogP contribution in [0.5, 0.6) is 0 Å². The molecule has 3 heterocycles. The van der Waals surface area contributed by atoms with Crippen LogP contribution in [0.2, 0.25) is 0 Å². The van der Waals surface area contributed by atoms with E-state index >= 15 is 0 Å². The molecule has 1 aliphatic rings. The number of fused-ring (bicyclic) bond motifs is 1. The van der Waals surface area contributed by atoms with Crippen LogP contribution in [-0.4, -0.2) is 43.0 Å². The van der Waals surface area contributed by atoms with Crippen molar-refractivity contribution in [1.29, 1.82) is 0 Å². The molecule has 0 radical (unpaired) electrons. The van der Waals surface area contributed by atoms with Crippen LogP contribution >= 0.6 is 0 Å². The van der Waals surface area contributed by atoms with Gasteiger partial charge in [-0.05, 0) is 37.8 Å². The molecule has 3 aromatic rings. The number of piperidine rings is 1. The predicted octanol–water partition coefficient (Wildman–Crippen LogP) is 2.06. The van der Waals surface area contributed by atoms with Gasteiger partial charge in [-0.25, -0.2) is 4.68 Å². The maximum Gasteiger partial charge on any atom is 0.275 e. The molecule has 0 spiro atoms. The lowest BCUT2D eigenvalue weighted by atomic mass is 9.99. The number of likely N-dealkylation sites (tertiary alicyclic amines) is 1. The highest BCUT2D eigenvalue weighted by Crippen LogP contribution is 2.20. The minimum absolute atomic E-state index is 0.0120. The van der Waals surface area contributed by atoms with Crippen molar-refractivity contribution in [2.75, 3.05) is 6.54 Å². The first-order chi connectivity index (χ1) is 13.2. The number of aromatic nitrogens is 4. The molecular formula is C20H23N5O2. The van der Waals surface area contributed by atoms with Crippen LogP contribution in [-0.2, 0) is 17.9 Å². The monoisotopic (exact) mass is 365 g/mol. The van der Waals surface area contributed by atoms with Gasteiger partial charge in [-0.15, -0.1) is 0 Å². The molecule has 1 atom stereocenters. The number of hydrogen-bond donors (Lipinski definition) is 0. The third-order valence-corrected chi connectivity index (χ3v) is 5.24. The average molecular weight is 365 g/mol. The largest absolute Gasteiger partial charge is 0.338 e. The maximum absolute atomic E-state index is 12.9. The van der Waals surface area contributed by atoms with Gasteiger partial charge in [0.05, 0.1) is 11.6 Å². The Morgan fingerprint density at radius 3 is 2.89 bits per heavy atom. The third kappa shape index (κ3) is 3.77. The van der Waals surface area contributed by atoms with Crippen LogP contribution in [0.15, 0.2) is 53.7 Å². The summed E-state index contributed by atoms with van der Waals surface area (Å²) in [6.07, 6.45) is 9.34. The molecule has 0 N–H and O–H groups in total. The molecule has 1 aromatic carbocycles. The van der Waals surface area contributed by atoms with E-state index in [4.69, 9.17) is 0 Å². The SMILES string of the molecule is O=C(Cn1ncc2ccccc2c1=O)N1CCCCC1CCn1cccn1. The van der Waals surface area contributed by atoms with E-state index in [9.17, 15) is 9.59 Å². The maximum atomic E-state index is 12.9. The second kappa shape index (κ2) is 7.73. The highest BCUT2D eigenvalue weighted by molar-refractivity contribution is 5.81. The highest BCUT2D eigenvalue weighted by atomic mass is 16.2. The van der Waals surface area contributed by atoms with Crippen molar-refractivity contribution in [3.63, 3.8) is 0 Å². The molecule has 0 bridgehead atoms. The smallest absolute Gasteiger partial charge is 0.275 e. The van der Waals surface area contributed by atoms with Crippen LogP contribution < -0.4 is 5.56 Å². The van der Waals surface area contributed by atoms with Gasteiger partial charge in [0.1, 0.15) is 6.54 Å². The fourth-order valence-electron chi connectivity index (χ4n) is 3.80. The zero-order chi connectivity index (χ0) is 18.6. The molecule has 140 valence electrons. The van der Waals surface area contributed by atoms with E-state index in [1.807, 2.05) is 40.0 Å². The van der Waals surface area contributed by atoms with Gasteiger partial charge in [0.15, 0.2) is 0 Å². The first kappa shape index (κ1) is 17.5. The summed E-state index contributed by atoms with van der Waals surface area (Å²) in [7, 11) is 0. The molecule has 4 rings (SSSR count). The lowest BCUT2D eigenvalue weighted by Gasteiger charge is -2.36. The standard InChI is InChI=1S/C20H23N5O2/c26-19(15-25-20(27)18-8-2-1-6-16(18)14-22-25)24-12-4-3-7-17(24)9-13-23-11-5-10-21-23/h1-2,5-6,8,10-11,14,17H,3-4,7,9,12-13,15H2. The van der Waals surface area contributed by atoms with Crippen LogP contribution in [0.4, 0.5) is 0 Å². The van der Waals surface area contributed by atoms with Crippen molar-refractivity contribution in [2.24, 2.45) is 0 Å². The Bertz CT molecular complexity index is 979. The summed E-state index contributed by atoms with van der Waals surface area (Å²) in [6.45, 7) is 1.52. The minimum atomic E-state index is -0.216. The Morgan fingerprint density at radius 1 is 1.15 bits per heavy atom. The number of hydrogen-bond acceptors (Lipinski definition) is 4. The molecular weight excluding hydrogens is 342 g/mol. The molecule has 2 aromatic heterocycles. The number of rotatable bonds is 5. The van der Waals surface area contributed by atoms with Gasteiger partial charge in [-0.3, -0.25) is 14.3 Å². The topological polar surface area (TPSA) is 73.0 Å². The Morgan fingerprint density at radius 2 is 2.04 bits per heavy atom. The normalized spacial score (nSPS) is 17.3. The number of nitrogens with zero attached hydrogens (tertiary/aromatic N) is 5. The van der Waals surface area contributed by atoms with Gasteiger partial charge in [0.25, 0.3) is 5.56 Å². The summed E-state index contributed by atoms with van der Waals surface area (Å²) in [4.78, 5) is 27.5. The molecule has 7 nitrogen and oxygen atoms in total. The fourth-order valence-corrected chi connectivity index (χ4v) is 3.80. The van der Waals surface area contributed by atoms with Crippen LogP contribution in [0.1, 0.15) is 25.7 Å². The number of benzene rings is 1. The average Bonchev–Trinajstić information content (AvgIpc) is 3.22. The van der Waals surface area contributed by atoms with E-state index in [0.717, 1.165) is 44.2 Å². The molecule has 0 saturated carbocycles. The van der Waals surface area contributed by atoms with Crippen molar-refractivity contribution >= 4 is 16.7 Å². The summed E-state index contributed by atoms with van der Waals surface area (Å²) >= 11 is 0. The van der Waals surface area contributed by atoms with Crippen molar-refractivity contribution < 1.29 is 4.79 Å². The minimum Gasteiger partial charge on any atom is -0.338 e. The number of aryl methyl sites for hydroxylation is 1. The van der Waals surface area contributed by atoms with Gasteiger partial charge in [-0.2, -0.15) is 10.2 Å². The summed E-state index contributed by atoms with van der Waals surface area (Å²) in [5, 5.41) is 9.82. The molecule has 1 unspecified atom stereocenters. The summed E-state index contributed by atoms with van der Waals surface area (Å²) in [6, 6.07) is 9.41. The van der Waals surface area contributed by atoms with Crippen LogP contribution in [0.3, 0.4) is 0 Å². The second-order valence-corrected chi connectivity index (χ2v) is 6.99. The van der Waals surface area contributed by atoms with E-state index in [1.54, 1.807) is 18.5 Å². The van der Waals surface area contributed by atoms with Crippen molar-refractivity contribution in [3.05, 3.63) is 59.3 Å². The van der Waals surface area contributed by atoms with Crippen molar-refractivity contribution in [1.82, 2.24) is 24.5 Å². The van der Waals surface area contributed by atoms with E-state index in [2.05, 4.69) is 10.2 Å². The number of carbonyl (C=O) groups is 1. The Kier molecular flexibility index (Phi) is 5.00. The first-order valence-corrected chi connectivity index (χ1v) is 9.44. The van der Waals surface area contributed by atoms with E-state index in [1.165, 1.54) is 4.68 Å². The quantitative estimate of drug-likeness (QED) is 0.694. The van der Waals surface area contributed by atoms with Crippen molar-refractivity contribution in [2.45, 2.75) is 44.8 Å². The van der Waals surface area contributed by atoms with Gasteiger partial charge < -0.3 is 4.90 Å². The molecule has 7 heteroatoms. The lowest BCUT2D eigenvalue weighted by Crippen LogP contribution is -2.46. The van der Waals surface area contributed by atoms with Gasteiger partial charge in [0, 0.05) is 36.9 Å². The molecule has 1 aliphatic heterocycles. The molecule has 1 amide bonds. The molecule has 27 heavy (non-hydrogen) atoms. The molecule has 1 saturated heterocycles. The van der Waals surface area contributed by atoms with Crippen molar-refractivity contribution in [3.8, 4) is 0 Å². The van der Waals surface area contributed by atoms with Gasteiger partial charge >= 0.3 is 0 Å². The molecule has 1 fully saturated rings. The van der Waals surface area contributed by atoms with E-state index < -0.39 is 0 Å². The van der Waals surface area contributed by atoms with E-state index in [-0.39, 0.29) is 24.1 Å². The summed E-state index contributed by atoms with van der Waals surface area (Å²) in [5.74, 6) is -0.0370. The molecule has 0 aliphatic carbocycles. The zero-order valence-electron chi connectivity index (χ0n) is 15.2. The Labute approximate surface area is 157 Å². The number of amides is 1. The van der Waals surface area contributed by atoms with E-state index in [0.29, 0.717) is 5.39 Å². The Hall–Kier alpha value is -2.96. The lowest BCUT2D eigenvalue weighted by molar-refractivity contribution is -0.136. The zero-order valence-corrected chi connectivity index (χ0v) is 15.2. The third-order valence-electron chi connectivity index (χ3n) is 5.24. The number of carbonyl (C=O) groups excluding carboxylic acids is 1. The predicted molar refractivity (Wildman–Crippen MR) is 102 cm³/mol. The summed E-state index contributed by atoms with van der Waals surface area (Å²) < 4.78 is 3.18. The summed E-state index contributed by atoms with van der Waals surface area (Å²) in [5.41, 5.74) is -0.216. The van der Waals surface area contributed by atoms with Crippen LogP contribution in [0, 0.1) is 0 Å². The second-order valence-electron chi connectivity index (χ2n) is 6.99. The highest BCUT2D eigenvalue weighted by Gasteiger charge is 2.27. The fraction of sp³-hybridized carbons (Fsp3) is 0.400. The van der Waals surface area contributed by atoms with Gasteiger partial charge in [0.2, 0.25) is 5.91 Å².